The largest absolute Gasteiger partial charge is 0.451 e. The van der Waals surface area contributed by atoms with Gasteiger partial charge in [0.1, 0.15) is 22.4 Å². The first-order valence-corrected chi connectivity index (χ1v) is 16.9. The SMILES string of the molecule is CC1(C)CC(NC(=O)c2cn3c4c(c(N5CCC(NC(=O)OC(C)(C)C)C5)c(F)cc4c2=O)Oc2cc4ccccc4cc2-3)CC(C)(C)N1. The number of alkyl carbamates (subject to hydrolysis) is 1. The van der Waals surface area contributed by atoms with Gasteiger partial charge in [0.2, 0.25) is 5.43 Å². The van der Waals surface area contributed by atoms with Crippen LogP contribution in [-0.2, 0) is 4.74 Å². The van der Waals surface area contributed by atoms with E-state index in [-0.39, 0.29) is 45.5 Å². The smallest absolute Gasteiger partial charge is 0.407 e. The summed E-state index contributed by atoms with van der Waals surface area (Å²) in [5, 5.41) is 11.6. The first-order chi connectivity index (χ1) is 23.0. The molecule has 49 heavy (non-hydrogen) atoms. The molecule has 1 aromatic heterocycles. The number of amides is 2. The van der Waals surface area contributed by atoms with Crippen molar-refractivity contribution in [1.29, 1.82) is 0 Å². The van der Waals surface area contributed by atoms with Gasteiger partial charge in [0.15, 0.2) is 17.3 Å². The molecule has 1 unspecified atom stereocenters. The van der Waals surface area contributed by atoms with Gasteiger partial charge < -0.3 is 34.9 Å². The fraction of sp³-hybridized carbons (Fsp3) is 0.447. The number of carbonyl (C=O) groups is 2. The highest BCUT2D eigenvalue weighted by atomic mass is 19.1. The van der Waals surface area contributed by atoms with Gasteiger partial charge >= 0.3 is 6.09 Å². The Kier molecular flexibility index (Phi) is 7.70. The fourth-order valence-electron chi connectivity index (χ4n) is 7.99. The molecule has 3 aliphatic rings. The van der Waals surface area contributed by atoms with E-state index in [0.717, 1.165) is 10.8 Å². The van der Waals surface area contributed by atoms with Gasteiger partial charge in [-0.3, -0.25) is 9.59 Å². The van der Waals surface area contributed by atoms with Gasteiger partial charge in [-0.1, -0.05) is 24.3 Å². The Balaban J connectivity index is 1.32. The predicted molar refractivity (Wildman–Crippen MR) is 189 cm³/mol. The van der Waals surface area contributed by atoms with Crippen molar-refractivity contribution in [1.82, 2.24) is 20.5 Å². The van der Waals surface area contributed by atoms with Crippen LogP contribution in [0.3, 0.4) is 0 Å². The van der Waals surface area contributed by atoms with E-state index in [1.54, 1.807) is 31.5 Å². The second kappa shape index (κ2) is 11.5. The Morgan fingerprint density at radius 1 is 1.00 bits per heavy atom. The van der Waals surface area contributed by atoms with Crippen molar-refractivity contribution in [3.05, 3.63) is 70.3 Å². The molecule has 1 atom stereocenters. The summed E-state index contributed by atoms with van der Waals surface area (Å²) in [7, 11) is 0. The predicted octanol–water partition coefficient (Wildman–Crippen LogP) is 6.53. The van der Waals surface area contributed by atoms with Crippen LogP contribution in [0.25, 0.3) is 27.4 Å². The molecule has 0 spiro atoms. The number of nitrogens with one attached hydrogen (secondary N) is 3. The molecule has 2 saturated heterocycles. The lowest BCUT2D eigenvalue weighted by atomic mass is 9.79. The zero-order chi connectivity index (χ0) is 35.0. The molecule has 258 valence electrons. The molecule has 3 aromatic carbocycles. The lowest BCUT2D eigenvalue weighted by molar-refractivity contribution is 0.0508. The summed E-state index contributed by atoms with van der Waals surface area (Å²) in [4.78, 5) is 42.4. The number of piperidine rings is 1. The van der Waals surface area contributed by atoms with Gasteiger partial charge in [0.25, 0.3) is 5.91 Å². The molecule has 0 aliphatic carbocycles. The third-order valence-electron chi connectivity index (χ3n) is 9.47. The normalized spacial score (nSPS) is 19.8. The number of halogens is 1. The molecule has 0 bridgehead atoms. The maximum Gasteiger partial charge on any atom is 0.407 e. The topological polar surface area (TPSA) is 114 Å². The second-order valence-corrected chi connectivity index (χ2v) is 16.0. The van der Waals surface area contributed by atoms with E-state index in [4.69, 9.17) is 9.47 Å². The zero-order valence-electron chi connectivity index (χ0n) is 29.1. The van der Waals surface area contributed by atoms with Crippen LogP contribution in [0.15, 0.2) is 53.5 Å². The van der Waals surface area contributed by atoms with Crippen LogP contribution in [0, 0.1) is 5.82 Å². The maximum atomic E-state index is 16.4. The molecule has 10 nitrogen and oxygen atoms in total. The van der Waals surface area contributed by atoms with Gasteiger partial charge in [0, 0.05) is 36.4 Å². The Bertz CT molecular complexity index is 2070. The van der Waals surface area contributed by atoms with E-state index in [0.29, 0.717) is 49.3 Å². The molecule has 7 rings (SSSR count). The highest BCUT2D eigenvalue weighted by molar-refractivity contribution is 6.02. The number of benzene rings is 3. The number of anilines is 1. The van der Waals surface area contributed by atoms with Crippen molar-refractivity contribution < 1.29 is 23.5 Å². The number of hydrogen-bond donors (Lipinski definition) is 3. The number of ether oxygens (including phenoxy) is 2. The lowest BCUT2D eigenvalue weighted by Crippen LogP contribution is -2.62. The highest BCUT2D eigenvalue weighted by Gasteiger charge is 2.39. The fourth-order valence-corrected chi connectivity index (χ4v) is 7.99. The average Bonchev–Trinajstić information content (AvgIpc) is 3.42. The van der Waals surface area contributed by atoms with Gasteiger partial charge in [0.05, 0.1) is 17.1 Å². The van der Waals surface area contributed by atoms with Crippen LogP contribution in [0.4, 0.5) is 14.9 Å². The van der Waals surface area contributed by atoms with Gasteiger partial charge in [-0.15, -0.1) is 0 Å². The van der Waals surface area contributed by atoms with Gasteiger partial charge in [-0.2, -0.15) is 0 Å². The number of pyridine rings is 1. The van der Waals surface area contributed by atoms with Crippen LogP contribution in [0.1, 0.15) is 78.1 Å². The summed E-state index contributed by atoms with van der Waals surface area (Å²) in [6.07, 6.45) is 2.97. The van der Waals surface area contributed by atoms with Crippen LogP contribution < -0.4 is 31.0 Å². The van der Waals surface area contributed by atoms with E-state index in [1.807, 2.05) is 41.3 Å². The van der Waals surface area contributed by atoms with Crippen molar-refractivity contribution in [3.8, 4) is 17.2 Å². The Morgan fingerprint density at radius 2 is 1.67 bits per heavy atom. The quantitative estimate of drug-likeness (QED) is 0.199. The van der Waals surface area contributed by atoms with Crippen molar-refractivity contribution in [2.45, 2.75) is 96.5 Å². The number of rotatable bonds is 4. The number of fused-ring (bicyclic) bond motifs is 3. The van der Waals surface area contributed by atoms with Crippen molar-refractivity contribution in [3.63, 3.8) is 0 Å². The molecule has 0 radical (unpaired) electrons. The molecule has 2 fully saturated rings. The molecule has 11 heteroatoms. The summed E-state index contributed by atoms with van der Waals surface area (Å²) in [5.74, 6) is -0.474. The number of hydrogen-bond acceptors (Lipinski definition) is 7. The molecule has 3 aliphatic heterocycles. The minimum absolute atomic E-state index is 0.0521. The van der Waals surface area contributed by atoms with Gasteiger partial charge in [-0.05, 0) is 96.7 Å². The maximum absolute atomic E-state index is 16.4. The zero-order valence-corrected chi connectivity index (χ0v) is 29.1. The number of nitrogens with zero attached hydrogens (tertiary/aromatic N) is 2. The summed E-state index contributed by atoms with van der Waals surface area (Å²) in [6, 6.07) is 12.4. The van der Waals surface area contributed by atoms with Crippen LogP contribution in [0.5, 0.6) is 11.5 Å². The van der Waals surface area contributed by atoms with Crippen molar-refractivity contribution >= 4 is 39.4 Å². The van der Waals surface area contributed by atoms with Crippen LogP contribution in [0.2, 0.25) is 0 Å². The van der Waals surface area contributed by atoms with E-state index in [2.05, 4.69) is 43.6 Å². The van der Waals surface area contributed by atoms with Gasteiger partial charge in [-0.25, -0.2) is 9.18 Å². The first-order valence-electron chi connectivity index (χ1n) is 16.9. The van der Waals surface area contributed by atoms with E-state index >= 15 is 4.39 Å². The molecule has 4 heterocycles. The summed E-state index contributed by atoms with van der Waals surface area (Å²) in [5.41, 5.74) is -0.497. The second-order valence-electron chi connectivity index (χ2n) is 16.0. The minimum Gasteiger partial charge on any atom is -0.451 e. The Hall–Kier alpha value is -4.64. The summed E-state index contributed by atoms with van der Waals surface area (Å²) >= 11 is 0. The first kappa shape index (κ1) is 32.9. The number of carbonyl (C=O) groups excluding carboxylic acids is 2. The molecule has 2 amide bonds. The monoisotopic (exact) mass is 669 g/mol. The molecule has 4 aromatic rings. The summed E-state index contributed by atoms with van der Waals surface area (Å²) in [6.45, 7) is 14.5. The third-order valence-corrected chi connectivity index (χ3v) is 9.47. The number of aromatic nitrogens is 1. The molecule has 0 saturated carbocycles. The standard InChI is InChI=1S/C38H44FN5O5/c1-36(2,3)49-35(47)41-23-12-13-43(19-23)31-27(39)16-25-30-33(31)48-29-15-22-11-9-8-10-21(22)14-28(29)44(30)20-26(32(25)45)34(46)40-24-17-37(4,5)42-38(6,7)18-24/h8-11,14-16,20,23-24,42H,12-13,17-19H2,1-7H3,(H,40,46)(H,41,47). The Labute approximate surface area is 284 Å². The van der Waals surface area contributed by atoms with Crippen LogP contribution >= 0.6 is 0 Å². The summed E-state index contributed by atoms with van der Waals surface area (Å²) < 4.78 is 30.1. The van der Waals surface area contributed by atoms with E-state index in [1.165, 1.54) is 6.07 Å². The highest BCUT2D eigenvalue weighted by Crippen LogP contribution is 2.48. The van der Waals surface area contributed by atoms with Crippen molar-refractivity contribution in [2.75, 3.05) is 18.0 Å². The minimum atomic E-state index is -0.650. The lowest BCUT2D eigenvalue weighted by Gasteiger charge is -2.46. The average molecular weight is 670 g/mol. The molecule has 3 N–H and O–H groups in total. The van der Waals surface area contributed by atoms with E-state index < -0.39 is 28.8 Å². The molecular weight excluding hydrogens is 625 g/mol. The molecular formula is C38H44FN5O5. The van der Waals surface area contributed by atoms with E-state index in [9.17, 15) is 14.4 Å². The van der Waals surface area contributed by atoms with Crippen LogP contribution in [-0.4, -0.2) is 58.4 Å². The van der Waals surface area contributed by atoms with Crippen molar-refractivity contribution in [2.24, 2.45) is 0 Å². The third kappa shape index (κ3) is 6.32. The Morgan fingerprint density at radius 3 is 2.35 bits per heavy atom.